The lowest BCUT2D eigenvalue weighted by Gasteiger charge is -2.33. The van der Waals surface area contributed by atoms with Crippen molar-refractivity contribution in [3.05, 3.63) is 84.2 Å². The molecule has 0 bridgehead atoms. The van der Waals surface area contributed by atoms with Crippen LogP contribution in [0.4, 0.5) is 10.3 Å². The Morgan fingerprint density at radius 2 is 1.75 bits per heavy atom. The number of rotatable bonds is 8. The lowest BCUT2D eigenvalue weighted by Crippen LogP contribution is -2.42. The minimum Gasteiger partial charge on any atom is -0.323 e. The number of anilines is 1. The molecule has 1 aliphatic heterocycles. The number of nitrogens with zero attached hydrogens (tertiary/aromatic N) is 6. The molecular weight excluding hydrogens is 455 g/mol. The number of hydrogen-bond acceptors (Lipinski definition) is 5. The zero-order chi connectivity index (χ0) is 24.9. The summed E-state index contributed by atoms with van der Waals surface area (Å²) < 4.78 is 15.7. The van der Waals surface area contributed by atoms with E-state index in [9.17, 15) is 9.18 Å². The molecular formula is C28H31FN6O. The van der Waals surface area contributed by atoms with Crippen molar-refractivity contribution in [3.8, 4) is 0 Å². The third-order valence-corrected chi connectivity index (χ3v) is 6.98. The number of piperidine rings is 1. The Kier molecular flexibility index (Phi) is 7.32. The molecule has 1 saturated heterocycles. The highest BCUT2D eigenvalue weighted by atomic mass is 19.1. The number of amides is 1. The van der Waals surface area contributed by atoms with E-state index >= 15 is 0 Å². The van der Waals surface area contributed by atoms with E-state index < -0.39 is 0 Å². The smallest absolute Gasteiger partial charge is 0.232 e. The van der Waals surface area contributed by atoms with Crippen LogP contribution in [0.25, 0.3) is 11.0 Å². The zero-order valence-electron chi connectivity index (χ0n) is 20.6. The van der Waals surface area contributed by atoms with Crippen LogP contribution in [0.1, 0.15) is 31.2 Å². The van der Waals surface area contributed by atoms with E-state index in [0.717, 1.165) is 61.3 Å². The van der Waals surface area contributed by atoms with Gasteiger partial charge in [-0.2, -0.15) is 0 Å². The summed E-state index contributed by atoms with van der Waals surface area (Å²) in [5, 5.41) is 0. The van der Waals surface area contributed by atoms with Crippen LogP contribution in [0.15, 0.2) is 67.0 Å². The molecule has 8 heteroatoms. The fourth-order valence-corrected chi connectivity index (χ4v) is 4.97. The van der Waals surface area contributed by atoms with Gasteiger partial charge in [0.25, 0.3) is 0 Å². The molecule has 0 spiro atoms. The summed E-state index contributed by atoms with van der Waals surface area (Å²) in [6.07, 6.45) is 6.41. The average molecular weight is 487 g/mol. The SMILES string of the molecule is CC(=O)N(CCN1CCC(Cc2nc3ccccc3n2Cc2ccc(F)cc2)CC1)c1ncccn1. The highest BCUT2D eigenvalue weighted by Crippen LogP contribution is 2.25. The summed E-state index contributed by atoms with van der Waals surface area (Å²) >= 11 is 0. The van der Waals surface area contributed by atoms with E-state index in [4.69, 9.17) is 4.98 Å². The first kappa shape index (κ1) is 24.1. The Hall–Kier alpha value is -3.65. The molecule has 186 valence electrons. The van der Waals surface area contributed by atoms with Crippen LogP contribution in [-0.2, 0) is 17.8 Å². The first-order chi connectivity index (χ1) is 17.6. The lowest BCUT2D eigenvalue weighted by atomic mass is 9.93. The topological polar surface area (TPSA) is 67.2 Å². The molecule has 0 saturated carbocycles. The number of carbonyl (C=O) groups is 1. The second-order valence-corrected chi connectivity index (χ2v) is 9.44. The van der Waals surface area contributed by atoms with Gasteiger partial charge in [-0.3, -0.25) is 9.69 Å². The van der Waals surface area contributed by atoms with E-state index in [1.165, 1.54) is 12.1 Å². The van der Waals surface area contributed by atoms with Crippen molar-refractivity contribution in [2.75, 3.05) is 31.1 Å². The van der Waals surface area contributed by atoms with Crippen molar-refractivity contribution in [3.63, 3.8) is 0 Å². The van der Waals surface area contributed by atoms with Crippen LogP contribution in [0, 0.1) is 11.7 Å². The normalized spacial score (nSPS) is 14.8. The van der Waals surface area contributed by atoms with Gasteiger partial charge in [0.2, 0.25) is 11.9 Å². The first-order valence-corrected chi connectivity index (χ1v) is 12.5. The summed E-state index contributed by atoms with van der Waals surface area (Å²) in [5.41, 5.74) is 3.18. The summed E-state index contributed by atoms with van der Waals surface area (Å²) in [4.78, 5) is 29.6. The summed E-state index contributed by atoms with van der Waals surface area (Å²) in [5.74, 6) is 1.83. The predicted molar refractivity (Wildman–Crippen MR) is 138 cm³/mol. The van der Waals surface area contributed by atoms with Gasteiger partial charge in [0, 0.05) is 45.4 Å². The van der Waals surface area contributed by atoms with Gasteiger partial charge in [-0.25, -0.2) is 19.3 Å². The number of aromatic nitrogens is 4. The standard InChI is InChI=1S/C28H31FN6O/c1-21(36)34(28-30-13-4-14-31-28)18-17-33-15-11-22(12-16-33)19-27-32-25-5-2-3-6-26(25)35(27)20-23-7-9-24(29)10-8-23/h2-10,13-14,22H,11-12,15-20H2,1H3. The number of likely N-dealkylation sites (tertiary alicyclic amines) is 1. The van der Waals surface area contributed by atoms with Gasteiger partial charge < -0.3 is 9.47 Å². The maximum absolute atomic E-state index is 13.4. The monoisotopic (exact) mass is 486 g/mol. The Bertz CT molecular complexity index is 1300. The average Bonchev–Trinajstić information content (AvgIpc) is 3.23. The van der Waals surface area contributed by atoms with E-state index in [-0.39, 0.29) is 11.7 Å². The van der Waals surface area contributed by atoms with Crippen LogP contribution >= 0.6 is 0 Å². The van der Waals surface area contributed by atoms with Crippen LogP contribution in [-0.4, -0.2) is 56.5 Å². The van der Waals surface area contributed by atoms with Crippen molar-refractivity contribution < 1.29 is 9.18 Å². The molecule has 1 aliphatic rings. The fourth-order valence-electron chi connectivity index (χ4n) is 4.97. The van der Waals surface area contributed by atoms with Crippen LogP contribution in [0.3, 0.4) is 0 Å². The van der Waals surface area contributed by atoms with Gasteiger partial charge in [0.1, 0.15) is 11.6 Å². The highest BCUT2D eigenvalue weighted by Gasteiger charge is 2.23. The van der Waals surface area contributed by atoms with Crippen molar-refractivity contribution in [2.45, 2.75) is 32.7 Å². The highest BCUT2D eigenvalue weighted by molar-refractivity contribution is 5.89. The number of fused-ring (bicyclic) bond motifs is 1. The minimum atomic E-state index is -0.219. The van der Waals surface area contributed by atoms with Crippen LogP contribution in [0.5, 0.6) is 0 Å². The largest absolute Gasteiger partial charge is 0.323 e. The molecule has 0 unspecified atom stereocenters. The maximum atomic E-state index is 13.4. The van der Waals surface area contributed by atoms with Crippen molar-refractivity contribution in [1.29, 1.82) is 0 Å². The fraction of sp³-hybridized carbons (Fsp3) is 0.357. The number of hydrogen-bond donors (Lipinski definition) is 0. The van der Waals surface area contributed by atoms with Gasteiger partial charge in [-0.15, -0.1) is 0 Å². The summed E-state index contributed by atoms with van der Waals surface area (Å²) in [6.45, 7) is 5.59. The molecule has 0 atom stereocenters. The van der Waals surface area contributed by atoms with Gasteiger partial charge in [0.15, 0.2) is 0 Å². The van der Waals surface area contributed by atoms with Gasteiger partial charge in [0.05, 0.1) is 11.0 Å². The van der Waals surface area contributed by atoms with Gasteiger partial charge in [-0.1, -0.05) is 24.3 Å². The summed E-state index contributed by atoms with van der Waals surface area (Å²) in [7, 11) is 0. The van der Waals surface area contributed by atoms with E-state index in [0.29, 0.717) is 25.0 Å². The van der Waals surface area contributed by atoms with E-state index in [1.54, 1.807) is 30.3 Å². The number of para-hydroxylation sites is 2. The molecule has 1 amide bonds. The van der Waals surface area contributed by atoms with Gasteiger partial charge >= 0.3 is 0 Å². The maximum Gasteiger partial charge on any atom is 0.232 e. The number of imidazole rings is 1. The molecule has 3 heterocycles. The number of carbonyl (C=O) groups excluding carboxylic acids is 1. The van der Waals surface area contributed by atoms with Crippen molar-refractivity contribution in [1.82, 2.24) is 24.4 Å². The second kappa shape index (κ2) is 11.0. The quantitative estimate of drug-likeness (QED) is 0.371. The van der Waals surface area contributed by atoms with Crippen LogP contribution < -0.4 is 4.90 Å². The van der Waals surface area contributed by atoms with E-state index in [1.807, 2.05) is 24.3 Å². The first-order valence-electron chi connectivity index (χ1n) is 12.5. The molecule has 5 rings (SSSR count). The molecule has 2 aromatic carbocycles. The van der Waals surface area contributed by atoms with E-state index in [2.05, 4.69) is 31.6 Å². The third kappa shape index (κ3) is 5.60. The van der Waals surface area contributed by atoms with Gasteiger partial charge in [-0.05, 0) is 67.7 Å². The third-order valence-electron chi connectivity index (χ3n) is 6.98. The molecule has 4 aromatic rings. The Labute approximate surface area is 210 Å². The number of halogens is 1. The Balaban J connectivity index is 1.22. The second-order valence-electron chi connectivity index (χ2n) is 9.44. The zero-order valence-corrected chi connectivity index (χ0v) is 20.6. The van der Waals surface area contributed by atoms with Crippen molar-refractivity contribution in [2.24, 2.45) is 5.92 Å². The Morgan fingerprint density at radius 1 is 1.03 bits per heavy atom. The molecule has 0 radical (unpaired) electrons. The Morgan fingerprint density at radius 3 is 2.47 bits per heavy atom. The minimum absolute atomic E-state index is 0.0452. The molecule has 0 N–H and O–H groups in total. The molecule has 36 heavy (non-hydrogen) atoms. The summed E-state index contributed by atoms with van der Waals surface area (Å²) in [6, 6.07) is 16.7. The molecule has 0 aliphatic carbocycles. The lowest BCUT2D eigenvalue weighted by molar-refractivity contribution is -0.116. The molecule has 7 nitrogen and oxygen atoms in total. The molecule has 1 fully saturated rings. The number of benzene rings is 2. The van der Waals surface area contributed by atoms with Crippen molar-refractivity contribution >= 4 is 22.9 Å². The molecule has 2 aromatic heterocycles. The predicted octanol–water partition coefficient (Wildman–Crippen LogP) is 4.32. The van der Waals surface area contributed by atoms with Crippen LogP contribution in [0.2, 0.25) is 0 Å².